The number of nitrogens with one attached hydrogen (secondary N) is 2. The van der Waals surface area contributed by atoms with Crippen LogP contribution >= 0.6 is 37.2 Å². The first-order valence-corrected chi connectivity index (χ1v) is 7.26. The van der Waals surface area contributed by atoms with Gasteiger partial charge in [-0.25, -0.2) is 4.98 Å². The lowest BCUT2D eigenvalue weighted by atomic mass is 10.2. The summed E-state index contributed by atoms with van der Waals surface area (Å²) in [4.78, 5) is 23.6. The molecule has 0 saturated carbocycles. The number of aromatic amines is 1. The molecule has 2 saturated heterocycles. The highest BCUT2D eigenvalue weighted by Gasteiger charge is 2.29. The first kappa shape index (κ1) is 22.3. The number of nitrogen functional groups attached to an aromatic ring is 1. The maximum atomic E-state index is 12.3. The van der Waals surface area contributed by atoms with Crippen molar-refractivity contribution in [2.24, 2.45) is 0 Å². The molecule has 0 spiro atoms. The molecule has 0 aromatic carbocycles. The quantitative estimate of drug-likeness (QED) is 0.708. The Labute approximate surface area is 155 Å². The molecule has 7 nitrogen and oxygen atoms in total. The standard InChI is InChI=1S/C13H22N6O.3ClH/c14-13-16-8-10(17-13)9-18-4-6-19(7-5-18)12(20)11-2-1-3-15-11;;;/h8,11,15H,1-7,9H2,(H3,14,16,17);3*1H/t11-;;;/m0.../s1. The molecule has 3 heterocycles. The smallest absolute Gasteiger partial charge is 0.239 e. The van der Waals surface area contributed by atoms with Crippen molar-refractivity contribution in [2.75, 3.05) is 38.5 Å². The number of hydrogen-bond donors (Lipinski definition) is 3. The fourth-order valence-corrected chi connectivity index (χ4v) is 2.94. The van der Waals surface area contributed by atoms with Gasteiger partial charge in [-0.1, -0.05) is 0 Å². The average molecular weight is 388 g/mol. The molecule has 2 aliphatic heterocycles. The Kier molecular flexibility index (Phi) is 9.88. The molecule has 2 fully saturated rings. The highest BCUT2D eigenvalue weighted by molar-refractivity contribution is 5.86. The lowest BCUT2D eigenvalue weighted by Gasteiger charge is -2.35. The number of halogens is 3. The van der Waals surface area contributed by atoms with Crippen molar-refractivity contribution < 1.29 is 4.79 Å². The fourth-order valence-electron chi connectivity index (χ4n) is 2.94. The third-order valence-electron chi connectivity index (χ3n) is 4.08. The van der Waals surface area contributed by atoms with Gasteiger partial charge in [0.15, 0.2) is 5.95 Å². The molecule has 1 atom stereocenters. The van der Waals surface area contributed by atoms with Gasteiger partial charge in [0.05, 0.1) is 17.9 Å². The number of carbonyl (C=O) groups excluding carboxylic acids is 1. The molecule has 10 heteroatoms. The van der Waals surface area contributed by atoms with Crippen molar-refractivity contribution in [3.63, 3.8) is 0 Å². The summed E-state index contributed by atoms with van der Waals surface area (Å²) in [6.45, 7) is 5.20. The molecule has 3 rings (SSSR count). The van der Waals surface area contributed by atoms with Crippen LogP contribution in [0, 0.1) is 0 Å². The zero-order chi connectivity index (χ0) is 13.9. The molecule has 0 bridgehead atoms. The van der Waals surface area contributed by atoms with E-state index >= 15 is 0 Å². The fraction of sp³-hybridized carbons (Fsp3) is 0.692. The number of nitrogens with two attached hydrogens (primary N) is 1. The van der Waals surface area contributed by atoms with Crippen molar-refractivity contribution in [2.45, 2.75) is 25.4 Å². The lowest BCUT2D eigenvalue weighted by Crippen LogP contribution is -2.52. The summed E-state index contributed by atoms with van der Waals surface area (Å²) < 4.78 is 0. The van der Waals surface area contributed by atoms with E-state index in [1.165, 1.54) is 0 Å². The summed E-state index contributed by atoms with van der Waals surface area (Å²) in [5, 5.41) is 3.28. The number of H-pyrrole nitrogens is 1. The van der Waals surface area contributed by atoms with Crippen LogP contribution in [0.3, 0.4) is 0 Å². The molecule has 134 valence electrons. The zero-order valence-corrected chi connectivity index (χ0v) is 15.3. The maximum absolute atomic E-state index is 12.3. The second-order valence-corrected chi connectivity index (χ2v) is 5.54. The predicted molar refractivity (Wildman–Crippen MR) is 97.6 cm³/mol. The van der Waals surface area contributed by atoms with Gasteiger partial charge >= 0.3 is 0 Å². The van der Waals surface area contributed by atoms with E-state index in [1.54, 1.807) is 6.20 Å². The number of nitrogens with zero attached hydrogens (tertiary/aromatic N) is 3. The zero-order valence-electron chi connectivity index (χ0n) is 12.9. The second kappa shape index (κ2) is 10.2. The van der Waals surface area contributed by atoms with Crippen LogP contribution in [0.1, 0.15) is 18.5 Å². The molecule has 1 aromatic rings. The van der Waals surface area contributed by atoms with Gasteiger partial charge in [-0.3, -0.25) is 9.69 Å². The number of hydrogen-bond acceptors (Lipinski definition) is 5. The monoisotopic (exact) mass is 386 g/mol. The number of aromatic nitrogens is 2. The van der Waals surface area contributed by atoms with Crippen LogP contribution in [-0.4, -0.2) is 64.4 Å². The molecule has 1 amide bonds. The number of piperazine rings is 1. The Balaban J connectivity index is 0.00000161. The molecule has 0 aliphatic carbocycles. The van der Waals surface area contributed by atoms with Crippen molar-refractivity contribution in [3.05, 3.63) is 11.9 Å². The summed E-state index contributed by atoms with van der Waals surface area (Å²) >= 11 is 0. The number of rotatable bonds is 3. The minimum Gasteiger partial charge on any atom is -0.369 e. The van der Waals surface area contributed by atoms with Gasteiger partial charge < -0.3 is 20.9 Å². The number of carbonyl (C=O) groups is 1. The van der Waals surface area contributed by atoms with Gasteiger partial charge in [0.1, 0.15) is 0 Å². The first-order valence-electron chi connectivity index (χ1n) is 7.26. The number of imidazole rings is 1. The van der Waals surface area contributed by atoms with Gasteiger partial charge in [0.25, 0.3) is 0 Å². The highest BCUT2D eigenvalue weighted by Crippen LogP contribution is 2.12. The van der Waals surface area contributed by atoms with Crippen molar-refractivity contribution >= 4 is 49.1 Å². The Bertz CT molecular complexity index is 472. The normalized spacial score (nSPS) is 21.0. The van der Waals surface area contributed by atoms with E-state index in [-0.39, 0.29) is 49.2 Å². The Hall–Kier alpha value is -0.730. The molecule has 4 N–H and O–H groups in total. The van der Waals surface area contributed by atoms with E-state index in [0.29, 0.717) is 5.95 Å². The van der Waals surface area contributed by atoms with Gasteiger partial charge in [0, 0.05) is 32.7 Å². The largest absolute Gasteiger partial charge is 0.369 e. The minimum absolute atomic E-state index is 0. The molecule has 1 aromatic heterocycles. The minimum atomic E-state index is 0. The SMILES string of the molecule is Cl.Cl.Cl.Nc1ncc(CN2CCN(C(=O)[C@@H]3CCCN3)CC2)[nH]1. The van der Waals surface area contributed by atoms with Crippen molar-refractivity contribution in [1.29, 1.82) is 0 Å². The average Bonchev–Trinajstić information content (AvgIpc) is 3.11. The third kappa shape index (κ3) is 5.69. The van der Waals surface area contributed by atoms with E-state index in [9.17, 15) is 4.79 Å². The van der Waals surface area contributed by atoms with Gasteiger partial charge in [0.2, 0.25) is 5.91 Å². The van der Waals surface area contributed by atoms with Crippen LogP contribution in [0.5, 0.6) is 0 Å². The summed E-state index contributed by atoms with van der Waals surface area (Å²) in [7, 11) is 0. The van der Waals surface area contributed by atoms with E-state index in [1.807, 2.05) is 4.90 Å². The second-order valence-electron chi connectivity index (χ2n) is 5.54. The van der Waals surface area contributed by atoms with Crippen molar-refractivity contribution in [1.82, 2.24) is 25.1 Å². The van der Waals surface area contributed by atoms with Gasteiger partial charge in [-0.05, 0) is 19.4 Å². The van der Waals surface area contributed by atoms with Crippen LogP contribution < -0.4 is 11.1 Å². The summed E-state index contributed by atoms with van der Waals surface area (Å²) in [5.74, 6) is 0.731. The highest BCUT2D eigenvalue weighted by atomic mass is 35.5. The first-order chi connectivity index (χ1) is 9.72. The number of amides is 1. The van der Waals surface area contributed by atoms with Crippen LogP contribution in [0.4, 0.5) is 5.95 Å². The van der Waals surface area contributed by atoms with Gasteiger partial charge in [-0.15, -0.1) is 37.2 Å². The van der Waals surface area contributed by atoms with E-state index < -0.39 is 0 Å². The van der Waals surface area contributed by atoms with Crippen LogP contribution in [-0.2, 0) is 11.3 Å². The Morgan fingerprint density at radius 2 is 1.96 bits per heavy atom. The third-order valence-corrected chi connectivity index (χ3v) is 4.08. The van der Waals surface area contributed by atoms with Crippen LogP contribution in [0.25, 0.3) is 0 Å². The molecular weight excluding hydrogens is 363 g/mol. The molecule has 2 aliphatic rings. The Morgan fingerprint density at radius 1 is 1.26 bits per heavy atom. The van der Waals surface area contributed by atoms with E-state index in [0.717, 1.165) is 57.8 Å². The maximum Gasteiger partial charge on any atom is 0.239 e. The van der Waals surface area contributed by atoms with E-state index in [2.05, 4.69) is 20.2 Å². The van der Waals surface area contributed by atoms with Crippen LogP contribution in [0.2, 0.25) is 0 Å². The Morgan fingerprint density at radius 3 is 2.48 bits per heavy atom. The summed E-state index contributed by atoms with van der Waals surface area (Å²) in [6.07, 6.45) is 3.86. The van der Waals surface area contributed by atoms with Gasteiger partial charge in [-0.2, -0.15) is 0 Å². The molecule has 0 radical (unpaired) electrons. The van der Waals surface area contributed by atoms with E-state index in [4.69, 9.17) is 5.73 Å². The predicted octanol–water partition coefficient (Wildman–Crippen LogP) is 0.653. The topological polar surface area (TPSA) is 90.3 Å². The molecule has 23 heavy (non-hydrogen) atoms. The van der Waals surface area contributed by atoms with Crippen molar-refractivity contribution in [3.8, 4) is 0 Å². The number of anilines is 1. The van der Waals surface area contributed by atoms with Crippen LogP contribution in [0.15, 0.2) is 6.20 Å². The molecule has 0 unspecified atom stereocenters. The summed E-state index contributed by atoms with van der Waals surface area (Å²) in [5.41, 5.74) is 6.60. The lowest BCUT2D eigenvalue weighted by molar-refractivity contribution is -0.134. The summed E-state index contributed by atoms with van der Waals surface area (Å²) in [6, 6.07) is 0.0500. The molecular formula is C13H25Cl3N6O.